The van der Waals surface area contributed by atoms with Crippen LogP contribution in [0.4, 0.5) is 4.39 Å². The molecule has 1 aromatic heterocycles. The molecule has 6 heteroatoms. The maximum Gasteiger partial charge on any atom is 0.366 e. The van der Waals surface area contributed by atoms with Crippen molar-refractivity contribution >= 4 is 5.91 Å². The summed E-state index contributed by atoms with van der Waals surface area (Å²) in [6, 6.07) is 15.1. The van der Waals surface area contributed by atoms with Gasteiger partial charge in [-0.2, -0.15) is 4.98 Å². The second-order valence-electron chi connectivity index (χ2n) is 11.9. The number of aromatic amines is 1. The summed E-state index contributed by atoms with van der Waals surface area (Å²) in [7, 11) is 1.60. The molecule has 5 nitrogen and oxygen atoms in total. The largest absolute Gasteiger partial charge is 0.448 e. The average molecular weight is 508 g/mol. The number of quaternary nitrogens is 1. The number of amides is 1. The number of H-pyrrole nitrogens is 1. The zero-order chi connectivity index (χ0) is 25.4. The highest BCUT2D eigenvalue weighted by Crippen LogP contribution is 2.48. The van der Waals surface area contributed by atoms with Crippen LogP contribution in [0.3, 0.4) is 0 Å². The van der Waals surface area contributed by atoms with E-state index in [0.717, 1.165) is 44.5 Å². The van der Waals surface area contributed by atoms with E-state index in [0.29, 0.717) is 41.8 Å². The maximum absolute atomic E-state index is 15.1. The molecule has 3 N–H and O–H groups in total. The van der Waals surface area contributed by atoms with Crippen molar-refractivity contribution < 1.29 is 24.2 Å². The van der Waals surface area contributed by atoms with Crippen LogP contribution in [0.2, 0.25) is 0 Å². The van der Waals surface area contributed by atoms with Gasteiger partial charge in [0.2, 0.25) is 11.6 Å². The van der Waals surface area contributed by atoms with Crippen LogP contribution in [0, 0.1) is 11.8 Å². The Bertz CT molecular complexity index is 1100. The maximum atomic E-state index is 15.1. The van der Waals surface area contributed by atoms with Crippen molar-refractivity contribution in [1.82, 2.24) is 4.90 Å². The number of carbonyl (C=O) groups excluding carboxylic acids is 1. The van der Waals surface area contributed by atoms with E-state index >= 15 is 4.39 Å². The summed E-state index contributed by atoms with van der Waals surface area (Å²) >= 11 is 0. The molecule has 1 saturated carbocycles. The first-order valence-electron chi connectivity index (χ1n) is 14.5. The normalized spacial score (nSPS) is 32.3. The zero-order valence-corrected chi connectivity index (χ0v) is 22.1. The molecule has 1 aromatic carbocycles. The molecule has 2 saturated heterocycles. The van der Waals surface area contributed by atoms with E-state index in [9.17, 15) is 4.79 Å². The van der Waals surface area contributed by atoms with E-state index in [2.05, 4.69) is 45.5 Å². The summed E-state index contributed by atoms with van der Waals surface area (Å²) in [6.07, 6.45) is 8.59. The van der Waals surface area contributed by atoms with Gasteiger partial charge in [0.05, 0.1) is 31.7 Å². The van der Waals surface area contributed by atoms with Gasteiger partial charge in [0.25, 0.3) is 0 Å². The smallest absolute Gasteiger partial charge is 0.366 e. The molecule has 1 spiro atoms. The molecule has 5 atom stereocenters. The monoisotopic (exact) mass is 507 g/mol. The molecule has 2 aromatic rings. The Morgan fingerprint density at radius 1 is 1.08 bits per heavy atom. The number of piperidine rings is 1. The lowest BCUT2D eigenvalue weighted by atomic mass is 9.64. The highest BCUT2D eigenvalue weighted by Gasteiger charge is 2.58. The summed E-state index contributed by atoms with van der Waals surface area (Å²) in [5.41, 5.74) is 2.71. The first-order valence-corrected chi connectivity index (χ1v) is 14.5. The van der Waals surface area contributed by atoms with E-state index in [1.54, 1.807) is 7.11 Å². The van der Waals surface area contributed by atoms with Gasteiger partial charge in [-0.25, -0.2) is 4.39 Å². The number of benzene rings is 1. The van der Waals surface area contributed by atoms with Crippen LogP contribution in [-0.2, 0) is 10.2 Å². The van der Waals surface area contributed by atoms with Crippen molar-refractivity contribution in [3.63, 3.8) is 0 Å². The number of hydrogen-bond donors (Lipinski definition) is 1. The van der Waals surface area contributed by atoms with Crippen molar-refractivity contribution in [3.05, 3.63) is 59.3 Å². The van der Waals surface area contributed by atoms with Crippen molar-refractivity contribution in [2.24, 2.45) is 11.8 Å². The number of nitrogens with one attached hydrogen (secondary N) is 1. The van der Waals surface area contributed by atoms with Crippen LogP contribution in [0.25, 0.3) is 0 Å². The third kappa shape index (κ3) is 4.45. The Balaban J connectivity index is 1.31. The van der Waals surface area contributed by atoms with Gasteiger partial charge in [-0.15, -0.1) is 0 Å². The lowest BCUT2D eigenvalue weighted by Gasteiger charge is -2.47. The fraction of sp³-hybridized carbons (Fsp3) is 0.613. The van der Waals surface area contributed by atoms with E-state index in [1.165, 1.54) is 37.7 Å². The van der Waals surface area contributed by atoms with Crippen LogP contribution in [-0.4, -0.2) is 43.6 Å². The number of methoxy groups -OCH3 is 1. The van der Waals surface area contributed by atoms with Gasteiger partial charge < -0.3 is 15.0 Å². The van der Waals surface area contributed by atoms with Gasteiger partial charge in [0.1, 0.15) is 5.92 Å². The number of carbonyl (C=O) groups is 1. The van der Waals surface area contributed by atoms with Crippen LogP contribution in [0.15, 0.2) is 42.5 Å². The first-order chi connectivity index (χ1) is 18.1. The number of fused-ring (bicyclic) bond motifs is 2. The summed E-state index contributed by atoms with van der Waals surface area (Å²) < 4.78 is 20.5. The molecule has 0 bridgehead atoms. The zero-order valence-electron chi connectivity index (χ0n) is 22.1. The lowest BCUT2D eigenvalue weighted by Crippen LogP contribution is -2.82. The van der Waals surface area contributed by atoms with E-state index in [1.807, 2.05) is 12.1 Å². The van der Waals surface area contributed by atoms with Gasteiger partial charge in [0.15, 0.2) is 6.17 Å². The Hall–Kier alpha value is -2.47. The van der Waals surface area contributed by atoms with Crippen molar-refractivity contribution in [2.75, 3.05) is 26.7 Å². The summed E-state index contributed by atoms with van der Waals surface area (Å²) in [5, 5.41) is 2.29. The van der Waals surface area contributed by atoms with Gasteiger partial charge in [-0.05, 0) is 62.0 Å². The Kier molecular flexibility index (Phi) is 6.95. The molecule has 2 aliphatic carbocycles. The van der Waals surface area contributed by atoms with Crippen LogP contribution >= 0.6 is 0 Å². The van der Waals surface area contributed by atoms with E-state index in [4.69, 9.17) is 4.74 Å². The van der Waals surface area contributed by atoms with Crippen molar-refractivity contribution in [3.8, 4) is 5.88 Å². The fourth-order valence-corrected chi connectivity index (χ4v) is 8.21. The molecule has 0 radical (unpaired) electrons. The van der Waals surface area contributed by atoms with Crippen molar-refractivity contribution in [1.29, 1.82) is 0 Å². The Morgan fingerprint density at radius 3 is 2.68 bits per heavy atom. The third-order valence-electron chi connectivity index (χ3n) is 10.1. The molecule has 6 rings (SSSR count). The second-order valence-corrected chi connectivity index (χ2v) is 11.9. The highest BCUT2D eigenvalue weighted by atomic mass is 19.1. The molecule has 3 fully saturated rings. The van der Waals surface area contributed by atoms with E-state index < -0.39 is 6.17 Å². The number of ether oxygens (including phenoxy) is 1. The number of nitrogens with zero attached hydrogens (tertiary/aromatic N) is 1. The predicted octanol–water partition coefficient (Wildman–Crippen LogP) is 4.10. The molecule has 2 unspecified atom stereocenters. The number of alkyl halides is 1. The number of rotatable bonds is 4. The summed E-state index contributed by atoms with van der Waals surface area (Å²) in [6.45, 7) is 2.47. The van der Waals surface area contributed by atoms with E-state index in [-0.39, 0.29) is 11.3 Å². The lowest BCUT2D eigenvalue weighted by molar-refractivity contribution is -0.640. The van der Waals surface area contributed by atoms with Gasteiger partial charge in [-0.3, -0.25) is 4.79 Å². The minimum atomic E-state index is -1.04. The fourth-order valence-electron chi connectivity index (χ4n) is 8.21. The van der Waals surface area contributed by atoms with Crippen LogP contribution in [0.1, 0.15) is 86.7 Å². The summed E-state index contributed by atoms with van der Waals surface area (Å²) in [4.78, 5) is 20.1. The Morgan fingerprint density at radius 2 is 1.89 bits per heavy atom. The molecule has 198 valence electrons. The van der Waals surface area contributed by atoms with Gasteiger partial charge >= 0.3 is 5.88 Å². The number of hydrogen-bond acceptors (Lipinski definition) is 2. The van der Waals surface area contributed by atoms with Gasteiger partial charge in [0, 0.05) is 18.2 Å². The average Bonchev–Trinajstić information content (AvgIpc) is 3.39. The number of nitrogens with two attached hydrogens (primary N) is 1. The molecule has 1 amide bonds. The minimum absolute atomic E-state index is 0.111. The molecule has 37 heavy (non-hydrogen) atoms. The summed E-state index contributed by atoms with van der Waals surface area (Å²) in [5.74, 6) is 1.89. The molecule has 3 heterocycles. The SMILES string of the molecule is COc1ccc2c([nH+]1)C(F)CC[C@]21C[NH2+]CC1C(=O)N1CC[C@@H](c2ccccc2)C[C@H]1C1CCCCC1. The first kappa shape index (κ1) is 24.8. The topological polar surface area (TPSA) is 60.3 Å². The Labute approximate surface area is 220 Å². The predicted molar refractivity (Wildman–Crippen MR) is 140 cm³/mol. The molecular formula is C31H42FN3O2+2. The molecule has 4 aliphatic rings. The standard InChI is InChI=1S/C31H40FN3O2/c1-37-28-13-12-24-29(34-28)26(32)14-16-31(24)20-33-19-25(31)30(36)35-17-15-23(21-8-4-2-5-9-21)18-27(35)22-10-6-3-7-11-22/h2,4-5,8-9,12-13,22-23,25-27,33H,3,6-7,10-11,14-20H2,1H3/p+2/t23-,25?,26?,27+,31+/m1/s1. The van der Waals surface area contributed by atoms with Crippen LogP contribution in [0.5, 0.6) is 5.88 Å². The number of likely N-dealkylation sites (tertiary alicyclic amines) is 1. The molecular weight excluding hydrogens is 465 g/mol. The van der Waals surface area contributed by atoms with Crippen LogP contribution < -0.4 is 15.0 Å². The van der Waals surface area contributed by atoms with Gasteiger partial charge in [-0.1, -0.05) is 49.6 Å². The minimum Gasteiger partial charge on any atom is -0.448 e. The van der Waals surface area contributed by atoms with Crippen molar-refractivity contribution in [2.45, 2.75) is 81.3 Å². The number of halogens is 1. The molecule has 2 aliphatic heterocycles. The third-order valence-corrected chi connectivity index (χ3v) is 10.1. The quantitative estimate of drug-likeness (QED) is 0.678. The number of pyridine rings is 1. The second kappa shape index (κ2) is 10.4. The number of aromatic nitrogens is 1. The highest BCUT2D eigenvalue weighted by molar-refractivity contribution is 5.82.